The van der Waals surface area contributed by atoms with E-state index in [1.54, 1.807) is 36.4 Å². The second-order valence-electron chi connectivity index (χ2n) is 6.58. The van der Waals surface area contributed by atoms with Crippen LogP contribution in [0.15, 0.2) is 54.6 Å². The molecule has 2 atom stereocenters. The number of ether oxygens (including phenoxy) is 2. The van der Waals surface area contributed by atoms with Crippen LogP contribution in [-0.4, -0.2) is 49.4 Å². The number of rotatable bonds is 9. The summed E-state index contributed by atoms with van der Waals surface area (Å²) in [6.45, 7) is 2.55. The second-order valence-corrected chi connectivity index (χ2v) is 6.58. The molecule has 138 valence electrons. The second kappa shape index (κ2) is 9.48. The molecule has 0 spiro atoms. The van der Waals surface area contributed by atoms with Crippen LogP contribution in [0.4, 0.5) is 0 Å². The predicted molar refractivity (Wildman–Crippen MR) is 98.5 cm³/mol. The number of aliphatic hydroxyl groups is 1. The summed E-state index contributed by atoms with van der Waals surface area (Å²) in [6.07, 6.45) is 2.02. The highest BCUT2D eigenvalue weighted by Crippen LogP contribution is 2.15. The average Bonchev–Trinajstić information content (AvgIpc) is 3.20. The Morgan fingerprint density at radius 2 is 1.88 bits per heavy atom. The smallest absolute Gasteiger partial charge is 0.193 e. The summed E-state index contributed by atoms with van der Waals surface area (Å²) in [5.41, 5.74) is 1.28. The van der Waals surface area contributed by atoms with Gasteiger partial charge in [-0.25, -0.2) is 0 Å². The third kappa shape index (κ3) is 5.39. The van der Waals surface area contributed by atoms with Gasteiger partial charge in [0, 0.05) is 17.7 Å². The Morgan fingerprint density at radius 3 is 2.58 bits per heavy atom. The van der Waals surface area contributed by atoms with E-state index in [2.05, 4.69) is 5.32 Å². The van der Waals surface area contributed by atoms with Crippen LogP contribution in [-0.2, 0) is 4.74 Å². The summed E-state index contributed by atoms with van der Waals surface area (Å²) in [5, 5.41) is 12.1. The van der Waals surface area contributed by atoms with Crippen LogP contribution in [0.2, 0.25) is 0 Å². The van der Waals surface area contributed by atoms with Crippen molar-refractivity contribution in [3.8, 4) is 5.75 Å². The molecule has 0 unspecified atom stereocenters. The van der Waals surface area contributed by atoms with Crippen molar-refractivity contribution < 1.29 is 24.7 Å². The minimum absolute atomic E-state index is 0.0130. The van der Waals surface area contributed by atoms with Gasteiger partial charge in [-0.1, -0.05) is 30.3 Å². The van der Waals surface area contributed by atoms with Gasteiger partial charge in [-0.05, 0) is 37.1 Å². The van der Waals surface area contributed by atoms with E-state index in [1.807, 2.05) is 18.2 Å². The van der Waals surface area contributed by atoms with Gasteiger partial charge >= 0.3 is 0 Å². The Balaban J connectivity index is 1.41. The first-order valence-corrected chi connectivity index (χ1v) is 9.16. The zero-order chi connectivity index (χ0) is 18.2. The van der Waals surface area contributed by atoms with Gasteiger partial charge in [-0.15, -0.1) is 0 Å². The molecule has 3 N–H and O–H groups in total. The number of quaternary nitrogens is 1. The molecule has 0 aliphatic carbocycles. The molecule has 0 bridgehead atoms. The summed E-state index contributed by atoms with van der Waals surface area (Å²) in [4.78, 5) is 12.4. The Kier molecular flexibility index (Phi) is 6.77. The number of nitrogens with two attached hydrogens (primary N) is 1. The van der Waals surface area contributed by atoms with E-state index in [9.17, 15) is 9.90 Å². The van der Waals surface area contributed by atoms with Gasteiger partial charge in [0.15, 0.2) is 5.78 Å². The van der Waals surface area contributed by atoms with E-state index < -0.39 is 6.10 Å². The third-order valence-corrected chi connectivity index (χ3v) is 4.49. The van der Waals surface area contributed by atoms with Crippen LogP contribution in [0.25, 0.3) is 0 Å². The number of carbonyl (C=O) groups is 1. The SMILES string of the molecule is O=C(c1ccccc1)c1ccc(OC[C@H](O)C[NH2+]C[C@H]2CCCO2)cc1. The first kappa shape index (κ1) is 18.6. The molecule has 1 saturated heterocycles. The van der Waals surface area contributed by atoms with E-state index in [4.69, 9.17) is 9.47 Å². The van der Waals surface area contributed by atoms with Crippen molar-refractivity contribution in [3.63, 3.8) is 0 Å². The monoisotopic (exact) mass is 356 g/mol. The van der Waals surface area contributed by atoms with E-state index >= 15 is 0 Å². The minimum atomic E-state index is -0.540. The predicted octanol–water partition coefficient (Wildman–Crippen LogP) is 1.40. The standard InChI is InChI=1S/C21H25NO4/c23-18(13-22-14-20-7-4-12-25-20)15-26-19-10-8-17(9-11-19)21(24)16-5-2-1-3-6-16/h1-3,5-6,8-11,18,20,22-23H,4,7,12-15H2/p+1/t18-,20-/m1/s1. The third-order valence-electron chi connectivity index (χ3n) is 4.49. The minimum Gasteiger partial charge on any atom is -0.491 e. The van der Waals surface area contributed by atoms with Crippen LogP contribution in [0.1, 0.15) is 28.8 Å². The van der Waals surface area contributed by atoms with Gasteiger partial charge in [-0.2, -0.15) is 0 Å². The van der Waals surface area contributed by atoms with Crippen LogP contribution < -0.4 is 10.1 Å². The van der Waals surface area contributed by atoms with Crippen LogP contribution in [0.3, 0.4) is 0 Å². The summed E-state index contributed by atoms with van der Waals surface area (Å²) >= 11 is 0. The first-order valence-electron chi connectivity index (χ1n) is 9.16. The lowest BCUT2D eigenvalue weighted by molar-refractivity contribution is -0.666. The molecule has 1 fully saturated rings. The fourth-order valence-corrected chi connectivity index (χ4v) is 3.02. The number of benzene rings is 2. The number of aliphatic hydroxyl groups excluding tert-OH is 1. The molecule has 2 aromatic rings. The Hall–Kier alpha value is -2.21. The summed E-state index contributed by atoms with van der Waals surface area (Å²) in [5.74, 6) is 0.633. The van der Waals surface area contributed by atoms with Gasteiger partial charge < -0.3 is 19.9 Å². The van der Waals surface area contributed by atoms with Crippen molar-refractivity contribution in [3.05, 3.63) is 65.7 Å². The van der Waals surface area contributed by atoms with Crippen LogP contribution in [0, 0.1) is 0 Å². The molecule has 0 aromatic heterocycles. The molecule has 5 heteroatoms. The molecule has 0 radical (unpaired) electrons. The number of hydrogen-bond acceptors (Lipinski definition) is 4. The van der Waals surface area contributed by atoms with E-state index in [-0.39, 0.29) is 12.4 Å². The van der Waals surface area contributed by atoms with Gasteiger partial charge in [0.25, 0.3) is 0 Å². The normalized spacial score (nSPS) is 17.8. The maximum Gasteiger partial charge on any atom is 0.193 e. The van der Waals surface area contributed by atoms with E-state index in [0.29, 0.717) is 29.5 Å². The molecule has 1 aliphatic heterocycles. The van der Waals surface area contributed by atoms with Crippen molar-refractivity contribution >= 4 is 5.78 Å². The first-order chi connectivity index (χ1) is 12.7. The lowest BCUT2D eigenvalue weighted by Gasteiger charge is -2.13. The van der Waals surface area contributed by atoms with Crippen LogP contribution >= 0.6 is 0 Å². The molecule has 1 aliphatic rings. The maximum atomic E-state index is 12.4. The highest BCUT2D eigenvalue weighted by molar-refractivity contribution is 6.08. The van der Waals surface area contributed by atoms with Gasteiger partial charge in [-0.3, -0.25) is 4.79 Å². The largest absolute Gasteiger partial charge is 0.491 e. The number of hydrogen-bond donors (Lipinski definition) is 2. The van der Waals surface area contributed by atoms with E-state index in [1.165, 1.54) is 0 Å². The van der Waals surface area contributed by atoms with Crippen molar-refractivity contribution in [2.45, 2.75) is 25.0 Å². The highest BCUT2D eigenvalue weighted by atomic mass is 16.5. The summed E-state index contributed by atoms with van der Waals surface area (Å²) in [7, 11) is 0. The van der Waals surface area contributed by atoms with Crippen molar-refractivity contribution in [1.29, 1.82) is 0 Å². The number of carbonyl (C=O) groups excluding carboxylic acids is 1. The molecular formula is C21H26NO4+. The lowest BCUT2D eigenvalue weighted by Crippen LogP contribution is -2.88. The topological polar surface area (TPSA) is 72.4 Å². The lowest BCUT2D eigenvalue weighted by atomic mass is 10.0. The van der Waals surface area contributed by atoms with E-state index in [0.717, 1.165) is 26.0 Å². The zero-order valence-electron chi connectivity index (χ0n) is 14.8. The average molecular weight is 356 g/mol. The zero-order valence-corrected chi connectivity index (χ0v) is 14.8. The molecule has 5 nitrogen and oxygen atoms in total. The van der Waals surface area contributed by atoms with Crippen molar-refractivity contribution in [2.75, 3.05) is 26.3 Å². The van der Waals surface area contributed by atoms with Gasteiger partial charge in [0.2, 0.25) is 0 Å². The summed E-state index contributed by atoms with van der Waals surface area (Å²) < 4.78 is 11.2. The van der Waals surface area contributed by atoms with Gasteiger partial charge in [0.1, 0.15) is 37.7 Å². The van der Waals surface area contributed by atoms with Crippen molar-refractivity contribution in [2.24, 2.45) is 0 Å². The molecule has 0 amide bonds. The molecular weight excluding hydrogens is 330 g/mol. The highest BCUT2D eigenvalue weighted by Gasteiger charge is 2.18. The molecule has 0 saturated carbocycles. The molecule has 3 rings (SSSR count). The molecule has 1 heterocycles. The number of ketones is 1. The van der Waals surface area contributed by atoms with Gasteiger partial charge in [0.05, 0.1) is 0 Å². The molecule has 2 aromatic carbocycles. The fourth-order valence-electron chi connectivity index (χ4n) is 3.02. The Bertz CT molecular complexity index is 681. The molecule has 26 heavy (non-hydrogen) atoms. The Morgan fingerprint density at radius 1 is 1.15 bits per heavy atom. The Labute approximate surface area is 153 Å². The maximum absolute atomic E-state index is 12.4. The quantitative estimate of drug-likeness (QED) is 0.666. The summed E-state index contributed by atoms with van der Waals surface area (Å²) in [6, 6.07) is 16.2. The van der Waals surface area contributed by atoms with Crippen molar-refractivity contribution in [1.82, 2.24) is 0 Å². The van der Waals surface area contributed by atoms with Crippen LogP contribution in [0.5, 0.6) is 5.75 Å². The fraction of sp³-hybridized carbons (Fsp3) is 0.381.